The van der Waals surface area contributed by atoms with Gasteiger partial charge in [-0.25, -0.2) is 4.39 Å². The Balaban J connectivity index is 1.57. The first kappa shape index (κ1) is 20.4. The van der Waals surface area contributed by atoms with Gasteiger partial charge in [0, 0.05) is 38.3 Å². The fourth-order valence-electron chi connectivity index (χ4n) is 3.33. The molecule has 28 heavy (non-hydrogen) atoms. The SMILES string of the molecule is COc1cc(C=CC(=O)N2CCN(Cc3ccc(F)cc3)C[C@H]2C)[c]cc1Cl. The Morgan fingerprint density at radius 2 is 2.11 bits per heavy atom. The zero-order chi connectivity index (χ0) is 20.1. The molecule has 147 valence electrons. The summed E-state index contributed by atoms with van der Waals surface area (Å²) in [5.41, 5.74) is 1.80. The van der Waals surface area contributed by atoms with Crippen molar-refractivity contribution in [1.29, 1.82) is 0 Å². The first-order valence-electron chi connectivity index (χ1n) is 9.17. The van der Waals surface area contributed by atoms with E-state index < -0.39 is 0 Å². The molecule has 0 bridgehead atoms. The average molecular weight is 402 g/mol. The van der Waals surface area contributed by atoms with Crippen molar-refractivity contribution in [2.75, 3.05) is 26.7 Å². The molecule has 1 aliphatic heterocycles. The minimum absolute atomic E-state index is 0.0313. The Bertz CT molecular complexity index is 854. The van der Waals surface area contributed by atoms with Crippen molar-refractivity contribution in [1.82, 2.24) is 9.80 Å². The highest BCUT2D eigenvalue weighted by atomic mass is 35.5. The smallest absolute Gasteiger partial charge is 0.246 e. The van der Waals surface area contributed by atoms with Crippen LogP contribution in [0.1, 0.15) is 18.1 Å². The third-order valence-corrected chi connectivity index (χ3v) is 5.12. The second-order valence-electron chi connectivity index (χ2n) is 6.88. The molecule has 1 atom stereocenters. The molecule has 0 spiro atoms. The summed E-state index contributed by atoms with van der Waals surface area (Å²) < 4.78 is 18.2. The minimum atomic E-state index is -0.227. The number of piperazine rings is 1. The summed E-state index contributed by atoms with van der Waals surface area (Å²) in [7, 11) is 1.55. The van der Waals surface area contributed by atoms with E-state index in [0.717, 1.165) is 30.8 Å². The highest BCUT2D eigenvalue weighted by Crippen LogP contribution is 2.25. The molecule has 0 saturated carbocycles. The van der Waals surface area contributed by atoms with Crippen LogP contribution in [0.2, 0.25) is 5.02 Å². The number of hydrogen-bond donors (Lipinski definition) is 0. The fourth-order valence-corrected chi connectivity index (χ4v) is 3.52. The van der Waals surface area contributed by atoms with Gasteiger partial charge in [0.2, 0.25) is 5.91 Å². The normalized spacial score (nSPS) is 17.9. The molecular formula is C22H23ClFN2O2. The van der Waals surface area contributed by atoms with Crippen molar-refractivity contribution >= 4 is 23.6 Å². The Labute approximate surface area is 170 Å². The monoisotopic (exact) mass is 401 g/mol. The Kier molecular flexibility index (Phi) is 6.70. The predicted octanol–water partition coefficient (Wildman–Crippen LogP) is 4.03. The van der Waals surface area contributed by atoms with E-state index >= 15 is 0 Å². The second kappa shape index (κ2) is 9.22. The number of benzene rings is 2. The maximum Gasteiger partial charge on any atom is 0.246 e. The summed E-state index contributed by atoms with van der Waals surface area (Å²) in [6, 6.07) is 13.0. The second-order valence-corrected chi connectivity index (χ2v) is 7.29. The van der Waals surface area contributed by atoms with Gasteiger partial charge < -0.3 is 9.64 Å². The molecule has 6 heteroatoms. The van der Waals surface area contributed by atoms with Gasteiger partial charge in [-0.15, -0.1) is 0 Å². The van der Waals surface area contributed by atoms with E-state index in [9.17, 15) is 9.18 Å². The van der Waals surface area contributed by atoms with E-state index in [2.05, 4.69) is 11.0 Å². The van der Waals surface area contributed by atoms with E-state index in [1.54, 1.807) is 43.5 Å². The molecule has 1 amide bonds. The predicted molar refractivity (Wildman–Crippen MR) is 109 cm³/mol. The van der Waals surface area contributed by atoms with Gasteiger partial charge in [-0.05, 0) is 54.5 Å². The third-order valence-electron chi connectivity index (χ3n) is 4.83. The number of methoxy groups -OCH3 is 1. The van der Waals surface area contributed by atoms with E-state index in [0.29, 0.717) is 17.3 Å². The van der Waals surface area contributed by atoms with Crippen LogP contribution in [0.3, 0.4) is 0 Å². The van der Waals surface area contributed by atoms with Crippen molar-refractivity contribution in [2.24, 2.45) is 0 Å². The van der Waals surface area contributed by atoms with E-state index in [-0.39, 0.29) is 17.8 Å². The zero-order valence-corrected chi connectivity index (χ0v) is 16.7. The van der Waals surface area contributed by atoms with E-state index in [4.69, 9.17) is 16.3 Å². The van der Waals surface area contributed by atoms with Gasteiger partial charge in [0.05, 0.1) is 12.1 Å². The number of carbonyl (C=O) groups excluding carboxylic acids is 1. The van der Waals surface area contributed by atoms with Crippen molar-refractivity contribution in [2.45, 2.75) is 19.5 Å². The van der Waals surface area contributed by atoms with Gasteiger partial charge in [0.25, 0.3) is 0 Å². The fraction of sp³-hybridized carbons (Fsp3) is 0.318. The summed E-state index contributed by atoms with van der Waals surface area (Å²) in [6.45, 7) is 5.00. The van der Waals surface area contributed by atoms with Gasteiger partial charge in [-0.1, -0.05) is 23.7 Å². The molecule has 2 aromatic rings. The van der Waals surface area contributed by atoms with Crippen LogP contribution in [0, 0.1) is 11.9 Å². The zero-order valence-electron chi connectivity index (χ0n) is 16.0. The summed E-state index contributed by atoms with van der Waals surface area (Å²) >= 11 is 6.00. The summed E-state index contributed by atoms with van der Waals surface area (Å²) in [4.78, 5) is 16.8. The lowest BCUT2D eigenvalue weighted by Crippen LogP contribution is -2.53. The van der Waals surface area contributed by atoms with Crippen LogP contribution in [-0.2, 0) is 11.3 Å². The molecule has 0 N–H and O–H groups in total. The van der Waals surface area contributed by atoms with Crippen LogP contribution in [0.4, 0.5) is 4.39 Å². The Morgan fingerprint density at radius 3 is 2.79 bits per heavy atom. The molecule has 0 aromatic heterocycles. The summed E-state index contributed by atoms with van der Waals surface area (Å²) in [6.07, 6.45) is 3.28. The van der Waals surface area contributed by atoms with Crippen molar-refractivity contribution in [3.05, 3.63) is 70.5 Å². The molecule has 0 aliphatic carbocycles. The van der Waals surface area contributed by atoms with Crippen LogP contribution in [0.5, 0.6) is 5.75 Å². The number of hydrogen-bond acceptors (Lipinski definition) is 3. The number of carbonyl (C=O) groups is 1. The van der Waals surface area contributed by atoms with E-state index in [1.165, 1.54) is 12.1 Å². The minimum Gasteiger partial charge on any atom is -0.495 e. The lowest BCUT2D eigenvalue weighted by atomic mass is 10.1. The third kappa shape index (κ3) is 5.12. The largest absolute Gasteiger partial charge is 0.495 e. The molecule has 1 fully saturated rings. The lowest BCUT2D eigenvalue weighted by Gasteiger charge is -2.39. The molecule has 1 radical (unpaired) electrons. The van der Waals surface area contributed by atoms with Gasteiger partial charge in [0.1, 0.15) is 11.6 Å². The van der Waals surface area contributed by atoms with Gasteiger partial charge >= 0.3 is 0 Å². The summed E-state index contributed by atoms with van der Waals surface area (Å²) in [5.74, 6) is 0.293. The number of ether oxygens (including phenoxy) is 1. The molecular weight excluding hydrogens is 379 g/mol. The maximum absolute atomic E-state index is 13.0. The highest BCUT2D eigenvalue weighted by Gasteiger charge is 2.26. The molecule has 1 aliphatic rings. The van der Waals surface area contributed by atoms with Crippen LogP contribution in [-0.4, -0.2) is 48.5 Å². The van der Waals surface area contributed by atoms with Gasteiger partial charge in [-0.3, -0.25) is 9.69 Å². The van der Waals surface area contributed by atoms with Crippen molar-refractivity contribution < 1.29 is 13.9 Å². The highest BCUT2D eigenvalue weighted by molar-refractivity contribution is 6.32. The molecule has 1 heterocycles. The number of halogens is 2. The van der Waals surface area contributed by atoms with Crippen molar-refractivity contribution in [3.8, 4) is 5.75 Å². The van der Waals surface area contributed by atoms with Crippen LogP contribution in [0.15, 0.2) is 42.5 Å². The summed E-state index contributed by atoms with van der Waals surface area (Å²) in [5, 5.41) is 0.483. The van der Waals surface area contributed by atoms with Crippen molar-refractivity contribution in [3.63, 3.8) is 0 Å². The average Bonchev–Trinajstić information content (AvgIpc) is 2.69. The van der Waals surface area contributed by atoms with E-state index in [1.807, 2.05) is 11.8 Å². The number of nitrogens with zero attached hydrogens (tertiary/aromatic N) is 2. The van der Waals surface area contributed by atoms with Crippen LogP contribution in [0.25, 0.3) is 6.08 Å². The standard InChI is InChI=1S/C22H23ClFN2O2/c1-16-14-25(15-18-3-7-19(24)8-4-18)11-12-26(16)22(27)10-6-17-5-9-20(23)21(13-17)28-2/h3-4,6-10,13,16H,11-12,14-15H2,1-2H3/t16-/m1/s1. The lowest BCUT2D eigenvalue weighted by molar-refractivity contribution is -0.130. The molecule has 0 unspecified atom stereocenters. The Morgan fingerprint density at radius 1 is 1.36 bits per heavy atom. The molecule has 2 aromatic carbocycles. The Hall–Kier alpha value is -2.37. The van der Waals surface area contributed by atoms with Gasteiger partial charge in [0.15, 0.2) is 0 Å². The molecule has 4 nitrogen and oxygen atoms in total. The quantitative estimate of drug-likeness (QED) is 0.709. The first-order valence-corrected chi connectivity index (χ1v) is 9.55. The van der Waals surface area contributed by atoms with Crippen LogP contribution < -0.4 is 4.74 Å². The number of amides is 1. The van der Waals surface area contributed by atoms with Gasteiger partial charge in [-0.2, -0.15) is 0 Å². The van der Waals surface area contributed by atoms with Crippen LogP contribution >= 0.6 is 11.6 Å². The molecule has 1 saturated heterocycles. The molecule has 3 rings (SSSR count). The first-order chi connectivity index (χ1) is 13.5. The topological polar surface area (TPSA) is 32.8 Å². The maximum atomic E-state index is 13.0. The number of rotatable bonds is 5.